The molecule has 0 aromatic heterocycles. The van der Waals surface area contributed by atoms with Crippen LogP contribution < -0.4 is 10.6 Å². The summed E-state index contributed by atoms with van der Waals surface area (Å²) in [5, 5.41) is 6.48. The van der Waals surface area contributed by atoms with Crippen LogP contribution in [0.2, 0.25) is 0 Å². The number of amides is 1. The molecule has 0 saturated carbocycles. The Labute approximate surface area is 121 Å². The summed E-state index contributed by atoms with van der Waals surface area (Å²) < 4.78 is 0. The number of piperidine rings is 1. The summed E-state index contributed by atoms with van der Waals surface area (Å²) >= 11 is 0. The zero-order valence-corrected chi connectivity index (χ0v) is 12.4. The first-order valence-corrected chi connectivity index (χ1v) is 7.46. The molecule has 1 amide bonds. The van der Waals surface area contributed by atoms with Crippen molar-refractivity contribution in [2.24, 2.45) is 0 Å². The Kier molecular flexibility index (Phi) is 5.56. The molecule has 20 heavy (non-hydrogen) atoms. The van der Waals surface area contributed by atoms with Crippen molar-refractivity contribution in [3.05, 3.63) is 30.3 Å². The van der Waals surface area contributed by atoms with E-state index in [1.165, 1.54) is 19.3 Å². The smallest absolute Gasteiger partial charge is 0.241 e. The van der Waals surface area contributed by atoms with E-state index in [1.807, 2.05) is 44.3 Å². The van der Waals surface area contributed by atoms with Gasteiger partial charge in [0.25, 0.3) is 0 Å². The number of anilines is 1. The normalized spacial score (nSPS) is 20.6. The third kappa shape index (κ3) is 4.32. The van der Waals surface area contributed by atoms with Gasteiger partial charge in [-0.3, -0.25) is 9.69 Å². The van der Waals surface area contributed by atoms with Crippen molar-refractivity contribution in [1.29, 1.82) is 0 Å². The summed E-state index contributed by atoms with van der Waals surface area (Å²) in [6.07, 6.45) is 3.76. The van der Waals surface area contributed by atoms with Crippen LogP contribution in [0.25, 0.3) is 0 Å². The number of benzene rings is 1. The zero-order valence-electron chi connectivity index (χ0n) is 12.4. The standard InChI is InChI=1S/C16H25N3O/c1-13(16(20)18-14-8-4-3-5-9-14)19(2)12-15-10-6-7-11-17-15/h3-5,8-9,13,15,17H,6-7,10-12H2,1-2H3,(H,18,20). The molecule has 1 aliphatic rings. The summed E-state index contributed by atoms with van der Waals surface area (Å²) in [7, 11) is 2.02. The fourth-order valence-corrected chi connectivity index (χ4v) is 2.55. The number of hydrogen-bond acceptors (Lipinski definition) is 3. The SMILES string of the molecule is CC(C(=O)Nc1ccccc1)N(C)CC1CCCCN1. The van der Waals surface area contributed by atoms with Crippen molar-refractivity contribution in [2.75, 3.05) is 25.5 Å². The van der Waals surface area contributed by atoms with Gasteiger partial charge in [0.05, 0.1) is 6.04 Å². The molecule has 0 spiro atoms. The largest absolute Gasteiger partial charge is 0.325 e. The van der Waals surface area contributed by atoms with Crippen molar-refractivity contribution in [3.8, 4) is 0 Å². The van der Waals surface area contributed by atoms with Crippen LogP contribution in [0.4, 0.5) is 5.69 Å². The maximum Gasteiger partial charge on any atom is 0.241 e. The molecule has 0 aliphatic carbocycles. The van der Waals surface area contributed by atoms with Gasteiger partial charge in [-0.25, -0.2) is 0 Å². The molecular weight excluding hydrogens is 250 g/mol. The van der Waals surface area contributed by atoms with E-state index < -0.39 is 0 Å². The molecule has 4 nitrogen and oxygen atoms in total. The molecule has 2 rings (SSSR count). The van der Waals surface area contributed by atoms with Crippen LogP contribution >= 0.6 is 0 Å². The number of nitrogens with zero attached hydrogens (tertiary/aromatic N) is 1. The zero-order chi connectivity index (χ0) is 14.4. The molecule has 1 heterocycles. The van der Waals surface area contributed by atoms with Crippen LogP contribution in [0.15, 0.2) is 30.3 Å². The van der Waals surface area contributed by atoms with Crippen LogP contribution in [0.5, 0.6) is 0 Å². The van der Waals surface area contributed by atoms with Gasteiger partial charge in [-0.1, -0.05) is 24.6 Å². The minimum Gasteiger partial charge on any atom is -0.325 e. The predicted molar refractivity (Wildman–Crippen MR) is 82.8 cm³/mol. The fourth-order valence-electron chi connectivity index (χ4n) is 2.55. The van der Waals surface area contributed by atoms with Gasteiger partial charge in [-0.05, 0) is 45.5 Å². The Bertz CT molecular complexity index is 415. The average Bonchev–Trinajstić information content (AvgIpc) is 2.48. The first kappa shape index (κ1) is 15.0. The van der Waals surface area contributed by atoms with Crippen LogP contribution in [0.3, 0.4) is 0 Å². The number of rotatable bonds is 5. The number of para-hydroxylation sites is 1. The Morgan fingerprint density at radius 2 is 2.15 bits per heavy atom. The van der Waals surface area contributed by atoms with Gasteiger partial charge >= 0.3 is 0 Å². The highest BCUT2D eigenvalue weighted by Crippen LogP contribution is 2.11. The Hall–Kier alpha value is -1.39. The van der Waals surface area contributed by atoms with E-state index in [0.29, 0.717) is 6.04 Å². The summed E-state index contributed by atoms with van der Waals surface area (Å²) in [5.74, 6) is 0.0505. The van der Waals surface area contributed by atoms with Crippen LogP contribution in [0, 0.1) is 0 Å². The number of carbonyl (C=O) groups excluding carboxylic acids is 1. The molecule has 4 heteroatoms. The summed E-state index contributed by atoms with van der Waals surface area (Å²) in [6.45, 7) is 3.98. The quantitative estimate of drug-likeness (QED) is 0.865. The number of nitrogens with one attached hydrogen (secondary N) is 2. The number of hydrogen-bond donors (Lipinski definition) is 2. The lowest BCUT2D eigenvalue weighted by Crippen LogP contribution is -2.48. The molecule has 2 unspecified atom stereocenters. The molecule has 1 aliphatic heterocycles. The van der Waals surface area contributed by atoms with Crippen molar-refractivity contribution >= 4 is 11.6 Å². The van der Waals surface area contributed by atoms with Gasteiger partial charge in [-0.15, -0.1) is 0 Å². The van der Waals surface area contributed by atoms with Gasteiger partial charge in [0.15, 0.2) is 0 Å². The van der Waals surface area contributed by atoms with E-state index in [4.69, 9.17) is 0 Å². The van der Waals surface area contributed by atoms with Gasteiger partial charge < -0.3 is 10.6 Å². The second-order valence-electron chi connectivity index (χ2n) is 5.62. The van der Waals surface area contributed by atoms with Crippen LogP contribution in [-0.4, -0.2) is 43.0 Å². The molecule has 2 atom stereocenters. The number of carbonyl (C=O) groups is 1. The average molecular weight is 275 g/mol. The van der Waals surface area contributed by atoms with Crippen molar-refractivity contribution in [2.45, 2.75) is 38.3 Å². The molecule has 1 fully saturated rings. The first-order valence-electron chi connectivity index (χ1n) is 7.46. The van der Waals surface area contributed by atoms with Crippen molar-refractivity contribution in [3.63, 3.8) is 0 Å². The minimum atomic E-state index is -0.126. The maximum absolute atomic E-state index is 12.2. The van der Waals surface area contributed by atoms with E-state index >= 15 is 0 Å². The predicted octanol–water partition coefficient (Wildman–Crippen LogP) is 2.09. The molecule has 0 radical (unpaired) electrons. The summed E-state index contributed by atoms with van der Waals surface area (Å²) in [4.78, 5) is 14.3. The molecule has 1 saturated heterocycles. The van der Waals surface area contributed by atoms with Crippen molar-refractivity contribution < 1.29 is 4.79 Å². The van der Waals surface area contributed by atoms with E-state index in [9.17, 15) is 4.79 Å². The maximum atomic E-state index is 12.2. The van der Waals surface area contributed by atoms with Gasteiger partial charge in [0.1, 0.15) is 0 Å². The van der Waals surface area contributed by atoms with E-state index in [-0.39, 0.29) is 11.9 Å². The third-order valence-electron chi connectivity index (χ3n) is 4.00. The lowest BCUT2D eigenvalue weighted by Gasteiger charge is -2.31. The fraction of sp³-hybridized carbons (Fsp3) is 0.562. The van der Waals surface area contributed by atoms with E-state index in [0.717, 1.165) is 18.8 Å². The lowest BCUT2D eigenvalue weighted by molar-refractivity contribution is -0.120. The van der Waals surface area contributed by atoms with E-state index in [1.54, 1.807) is 0 Å². The summed E-state index contributed by atoms with van der Waals surface area (Å²) in [6, 6.07) is 10.0. The topological polar surface area (TPSA) is 44.4 Å². The second-order valence-corrected chi connectivity index (χ2v) is 5.62. The third-order valence-corrected chi connectivity index (χ3v) is 4.00. The summed E-state index contributed by atoms with van der Waals surface area (Å²) in [5.41, 5.74) is 0.855. The molecule has 2 N–H and O–H groups in total. The number of likely N-dealkylation sites (N-methyl/N-ethyl adjacent to an activating group) is 1. The molecule has 1 aromatic rings. The van der Waals surface area contributed by atoms with Crippen molar-refractivity contribution in [1.82, 2.24) is 10.2 Å². The van der Waals surface area contributed by atoms with Crippen LogP contribution in [0.1, 0.15) is 26.2 Å². The molecule has 0 bridgehead atoms. The Morgan fingerprint density at radius 1 is 1.40 bits per heavy atom. The second kappa shape index (κ2) is 7.41. The van der Waals surface area contributed by atoms with Gasteiger partial charge in [0, 0.05) is 18.3 Å². The highest BCUT2D eigenvalue weighted by Gasteiger charge is 2.22. The Balaban J connectivity index is 1.82. The molecular formula is C16H25N3O. The lowest BCUT2D eigenvalue weighted by atomic mass is 10.0. The molecule has 1 aromatic carbocycles. The Morgan fingerprint density at radius 3 is 2.80 bits per heavy atom. The van der Waals surface area contributed by atoms with E-state index in [2.05, 4.69) is 15.5 Å². The highest BCUT2D eigenvalue weighted by atomic mass is 16.2. The van der Waals surface area contributed by atoms with Gasteiger partial charge in [-0.2, -0.15) is 0 Å². The molecule has 110 valence electrons. The minimum absolute atomic E-state index is 0.0505. The highest BCUT2D eigenvalue weighted by molar-refractivity contribution is 5.94. The monoisotopic (exact) mass is 275 g/mol. The first-order chi connectivity index (χ1) is 9.66. The van der Waals surface area contributed by atoms with Gasteiger partial charge in [0.2, 0.25) is 5.91 Å². The van der Waals surface area contributed by atoms with Crippen LogP contribution in [-0.2, 0) is 4.79 Å².